The van der Waals surface area contributed by atoms with E-state index in [1.807, 2.05) is 60.7 Å². The van der Waals surface area contributed by atoms with E-state index in [0.717, 1.165) is 90.7 Å². The fraction of sp³-hybridized carbons (Fsp3) is 0.234. The lowest BCUT2D eigenvalue weighted by atomic mass is 9.96. The van der Waals surface area contributed by atoms with Gasteiger partial charge in [0, 0.05) is 74.0 Å². The maximum Gasteiger partial charge on any atom is 0.277 e. The van der Waals surface area contributed by atoms with Crippen LogP contribution < -0.4 is 26.7 Å². The van der Waals surface area contributed by atoms with E-state index in [1.54, 1.807) is 6.20 Å². The number of nitrogens with zero attached hydrogens (tertiary/aromatic N) is 9. The maximum atomic E-state index is 13.2. The van der Waals surface area contributed by atoms with E-state index in [1.165, 1.54) is 6.20 Å². The van der Waals surface area contributed by atoms with Crippen LogP contribution in [0.4, 0.5) is 28.7 Å². The summed E-state index contributed by atoms with van der Waals surface area (Å²) in [6.07, 6.45) is 3.08. The first kappa shape index (κ1) is 39.7. The van der Waals surface area contributed by atoms with E-state index in [9.17, 15) is 9.59 Å². The summed E-state index contributed by atoms with van der Waals surface area (Å²) in [5, 5.41) is 20.7. The minimum absolute atomic E-state index is 0.304. The number of aromatic amines is 2. The molecule has 2 saturated heterocycles. The Morgan fingerprint density at radius 2 is 1.21 bits per heavy atom. The Bertz CT molecular complexity index is 3040. The van der Waals surface area contributed by atoms with E-state index in [2.05, 4.69) is 94.0 Å². The molecule has 4 N–H and O–H groups in total. The topological polar surface area (TPSA) is 186 Å². The molecule has 2 aliphatic heterocycles. The molecule has 0 spiro atoms. The van der Waals surface area contributed by atoms with E-state index < -0.39 is 5.56 Å². The zero-order valence-corrected chi connectivity index (χ0v) is 34.7. The normalized spacial score (nSPS) is 14.9. The van der Waals surface area contributed by atoms with Gasteiger partial charge in [-0.1, -0.05) is 61.5 Å². The van der Waals surface area contributed by atoms with Crippen LogP contribution in [0.5, 0.6) is 0 Å². The number of piperazine rings is 1. The highest BCUT2D eigenvalue weighted by Gasteiger charge is 2.20. The van der Waals surface area contributed by atoms with Crippen LogP contribution in [0.3, 0.4) is 0 Å². The molecule has 0 amide bonds. The van der Waals surface area contributed by atoms with Crippen molar-refractivity contribution in [3.63, 3.8) is 0 Å². The summed E-state index contributed by atoms with van der Waals surface area (Å²) >= 11 is 0. The summed E-state index contributed by atoms with van der Waals surface area (Å²) in [5.41, 5.74) is 7.30. The van der Waals surface area contributed by atoms with Gasteiger partial charge in [0.05, 0.1) is 25.6 Å². The van der Waals surface area contributed by atoms with E-state index in [0.29, 0.717) is 64.8 Å². The van der Waals surface area contributed by atoms with Crippen molar-refractivity contribution in [3.05, 3.63) is 136 Å². The number of hydrogen-bond acceptors (Lipinski definition) is 14. The first-order valence-corrected chi connectivity index (χ1v) is 21.2. The molecule has 4 aromatic carbocycles. The summed E-state index contributed by atoms with van der Waals surface area (Å²) in [6, 6.07) is 32.1. The Morgan fingerprint density at radius 1 is 0.603 bits per heavy atom. The van der Waals surface area contributed by atoms with Gasteiger partial charge in [-0.2, -0.15) is 10.2 Å². The largest absolute Gasteiger partial charge is 0.379 e. The van der Waals surface area contributed by atoms with Gasteiger partial charge in [-0.15, -0.1) is 0 Å². The summed E-state index contributed by atoms with van der Waals surface area (Å²) < 4.78 is 5.67. The molecule has 0 aliphatic carbocycles. The van der Waals surface area contributed by atoms with Crippen LogP contribution in [-0.4, -0.2) is 109 Å². The molecule has 0 bridgehead atoms. The second kappa shape index (κ2) is 17.5. The molecule has 2 fully saturated rings. The molecule has 63 heavy (non-hydrogen) atoms. The molecule has 16 nitrogen and oxygen atoms in total. The van der Waals surface area contributed by atoms with E-state index in [-0.39, 0.29) is 5.56 Å². The lowest BCUT2D eigenvalue weighted by Gasteiger charge is -2.35. The van der Waals surface area contributed by atoms with Gasteiger partial charge in [0.2, 0.25) is 0 Å². The van der Waals surface area contributed by atoms with Crippen molar-refractivity contribution in [2.75, 3.05) is 74.6 Å². The minimum Gasteiger partial charge on any atom is -0.379 e. The third kappa shape index (κ3) is 8.46. The highest BCUT2D eigenvalue weighted by atomic mass is 16.5. The quantitative estimate of drug-likeness (QED) is 0.115. The fourth-order valence-corrected chi connectivity index (χ4v) is 8.27. The third-order valence-electron chi connectivity index (χ3n) is 11.7. The van der Waals surface area contributed by atoms with Crippen LogP contribution in [-0.2, 0) is 11.3 Å². The molecule has 0 atom stereocenters. The van der Waals surface area contributed by atoms with Gasteiger partial charge in [0.1, 0.15) is 33.4 Å². The van der Waals surface area contributed by atoms with Crippen molar-refractivity contribution < 1.29 is 4.74 Å². The first-order chi connectivity index (χ1) is 31.0. The first-order valence-electron chi connectivity index (χ1n) is 21.2. The van der Waals surface area contributed by atoms with Gasteiger partial charge < -0.3 is 25.2 Å². The average molecular weight is 840 g/mol. The average Bonchev–Trinajstić information content (AvgIpc) is 3.33. The highest BCUT2D eigenvalue weighted by molar-refractivity contribution is 5.93. The Balaban J connectivity index is 1.01. The molecule has 0 unspecified atom stereocenters. The number of fused-ring (bicyclic) bond motifs is 2. The highest BCUT2D eigenvalue weighted by Crippen LogP contribution is 2.34. The van der Waals surface area contributed by atoms with Crippen LogP contribution in [0.15, 0.2) is 119 Å². The molecule has 4 aromatic heterocycles. The van der Waals surface area contributed by atoms with Gasteiger partial charge in [-0.05, 0) is 65.7 Å². The monoisotopic (exact) mass is 839 g/mol. The molecule has 0 radical (unpaired) electrons. The van der Waals surface area contributed by atoms with Gasteiger partial charge in [0.25, 0.3) is 11.1 Å². The maximum absolute atomic E-state index is 13.2. The molecule has 0 saturated carbocycles. The number of rotatable bonds is 11. The third-order valence-corrected chi connectivity index (χ3v) is 11.7. The minimum atomic E-state index is -0.397. The number of morpholine rings is 1. The number of anilines is 5. The Labute approximate surface area is 362 Å². The van der Waals surface area contributed by atoms with Gasteiger partial charge in [0.15, 0.2) is 11.6 Å². The summed E-state index contributed by atoms with van der Waals surface area (Å²) in [5.74, 6) is 1.64. The molecule has 2 aliphatic rings. The van der Waals surface area contributed by atoms with Crippen molar-refractivity contribution in [3.8, 4) is 33.9 Å². The predicted molar refractivity (Wildman–Crippen MR) is 246 cm³/mol. The molecule has 10 rings (SSSR count). The van der Waals surface area contributed by atoms with Crippen molar-refractivity contribution in [2.24, 2.45) is 0 Å². The van der Waals surface area contributed by atoms with Gasteiger partial charge in [-0.3, -0.25) is 14.5 Å². The van der Waals surface area contributed by atoms with Crippen LogP contribution in [0.2, 0.25) is 0 Å². The molecule has 316 valence electrons. The second-order valence-corrected chi connectivity index (χ2v) is 15.6. The number of ether oxygens (including phenoxy) is 1. The Hall–Kier alpha value is -7.40. The second-order valence-electron chi connectivity index (χ2n) is 15.6. The Morgan fingerprint density at radius 3 is 1.87 bits per heavy atom. The fourth-order valence-electron chi connectivity index (χ4n) is 8.27. The van der Waals surface area contributed by atoms with Gasteiger partial charge >= 0.3 is 0 Å². The molecule has 8 aromatic rings. The zero-order valence-electron chi connectivity index (χ0n) is 34.7. The van der Waals surface area contributed by atoms with Crippen molar-refractivity contribution >= 4 is 50.5 Å². The number of hydrogen-bond donors (Lipinski definition) is 4. The SMILES string of the molecule is CCN1CCN(c2ccc(Nc3nc(-c4cccc(-c5cc(Nc6nc(-c7ccccc7)nc7cn[nH]c(=O)c67)ccc5CN5CCOCC5)c4)nc4cn[nH]c(=O)c34)cc2)CC1. The molecular weight excluding hydrogens is 795 g/mol. The van der Waals surface area contributed by atoms with Crippen LogP contribution in [0, 0.1) is 0 Å². The summed E-state index contributed by atoms with van der Waals surface area (Å²) in [6.45, 7) is 11.0. The summed E-state index contributed by atoms with van der Waals surface area (Å²) in [4.78, 5) is 53.0. The van der Waals surface area contributed by atoms with Crippen LogP contribution in [0.25, 0.3) is 55.7 Å². The standard InChI is InChI=1S/C47H45N13O3/c1-2-58-17-19-60(20-18-58)36-15-13-34(14-16-36)50-44-40-39(28-49-56-46(40)61)53-43(55-44)32-10-6-9-31(25-32)37-26-35(12-11-33(37)29-59-21-23-63-24-22-59)51-45-41-38(27-48-57-47(41)62)52-42(54-45)30-7-4-3-5-8-30/h3-16,25-28H,2,17-24,29H2,1H3,(H,56,61)(H,57,62)(H,50,53,55)(H,51,52,54). The summed E-state index contributed by atoms with van der Waals surface area (Å²) in [7, 11) is 0. The zero-order chi connectivity index (χ0) is 42.7. The lowest BCUT2D eigenvalue weighted by molar-refractivity contribution is 0.0342. The van der Waals surface area contributed by atoms with Crippen molar-refractivity contribution in [2.45, 2.75) is 13.5 Å². The number of H-pyrrole nitrogens is 2. The Kier molecular flexibility index (Phi) is 11.1. The van der Waals surface area contributed by atoms with Crippen molar-refractivity contribution in [1.82, 2.24) is 50.1 Å². The van der Waals surface area contributed by atoms with E-state index >= 15 is 0 Å². The number of nitrogens with one attached hydrogen (secondary N) is 4. The smallest absolute Gasteiger partial charge is 0.277 e. The van der Waals surface area contributed by atoms with Crippen molar-refractivity contribution in [1.29, 1.82) is 0 Å². The predicted octanol–water partition coefficient (Wildman–Crippen LogP) is 6.20. The lowest BCUT2D eigenvalue weighted by Crippen LogP contribution is -2.46. The van der Waals surface area contributed by atoms with Gasteiger partial charge in [-0.25, -0.2) is 30.1 Å². The molecular formula is C47H45N13O3. The molecule has 16 heteroatoms. The van der Waals surface area contributed by atoms with Crippen LogP contribution >= 0.6 is 0 Å². The molecule has 6 heterocycles. The number of benzene rings is 4. The van der Waals surface area contributed by atoms with Crippen LogP contribution in [0.1, 0.15) is 12.5 Å². The number of aromatic nitrogens is 8. The van der Waals surface area contributed by atoms with E-state index in [4.69, 9.17) is 19.7 Å². The number of likely N-dealkylation sites (N-methyl/N-ethyl adjacent to an activating group) is 1.